The van der Waals surface area contributed by atoms with Crippen LogP contribution >= 0.6 is 0 Å². The molecule has 0 saturated heterocycles. The van der Waals surface area contributed by atoms with Crippen LogP contribution in [-0.4, -0.2) is 17.1 Å². The van der Waals surface area contributed by atoms with Crippen molar-refractivity contribution in [2.45, 2.75) is 45.1 Å². The smallest absolute Gasteiger partial charge is 0.142 e. The minimum Gasteiger partial charge on any atom is -0.490 e. The monoisotopic (exact) mass is 248 g/mol. The highest BCUT2D eigenvalue weighted by atomic mass is 16.5. The van der Waals surface area contributed by atoms with Crippen molar-refractivity contribution in [3.05, 3.63) is 29.3 Å². The second-order valence-corrected chi connectivity index (χ2v) is 4.86. The molecular formula is C14H20N2O2. The number of fused-ring (bicyclic) bond motifs is 1. The normalized spacial score (nSPS) is 17.1. The fraction of sp³-hybridized carbons (Fsp3) is 0.500. The van der Waals surface area contributed by atoms with Crippen LogP contribution < -0.4 is 10.5 Å². The summed E-state index contributed by atoms with van der Waals surface area (Å²) in [6, 6.07) is 6.28. The van der Waals surface area contributed by atoms with Gasteiger partial charge in [0.2, 0.25) is 0 Å². The number of ether oxygens (including phenoxy) is 1. The summed E-state index contributed by atoms with van der Waals surface area (Å²) in [5.74, 6) is 1.06. The summed E-state index contributed by atoms with van der Waals surface area (Å²) in [6.07, 6.45) is 5.19. The van der Waals surface area contributed by atoms with E-state index in [1.807, 2.05) is 13.0 Å². The van der Waals surface area contributed by atoms with Gasteiger partial charge in [-0.15, -0.1) is 0 Å². The Morgan fingerprint density at radius 2 is 2.11 bits per heavy atom. The van der Waals surface area contributed by atoms with E-state index in [1.165, 1.54) is 30.4 Å². The van der Waals surface area contributed by atoms with Gasteiger partial charge in [0.1, 0.15) is 17.7 Å². The quantitative estimate of drug-likeness (QED) is 0.372. The molecule has 3 N–H and O–H groups in total. The summed E-state index contributed by atoms with van der Waals surface area (Å²) in [7, 11) is 0. The fourth-order valence-corrected chi connectivity index (χ4v) is 2.39. The second kappa shape index (κ2) is 5.76. The lowest BCUT2D eigenvalue weighted by Gasteiger charge is -2.19. The van der Waals surface area contributed by atoms with Gasteiger partial charge in [0.05, 0.1) is 0 Å². The zero-order chi connectivity index (χ0) is 13.0. The van der Waals surface area contributed by atoms with Crippen molar-refractivity contribution < 1.29 is 9.94 Å². The molecule has 0 fully saturated rings. The predicted molar refractivity (Wildman–Crippen MR) is 71.2 cm³/mol. The van der Waals surface area contributed by atoms with Crippen molar-refractivity contribution in [3.8, 4) is 5.75 Å². The molecule has 18 heavy (non-hydrogen) atoms. The first-order valence-electron chi connectivity index (χ1n) is 6.44. The molecule has 1 aromatic carbocycles. The molecule has 0 saturated carbocycles. The SMILES string of the molecule is CC(C/C(N)=N/O)Oc1ccc2c(c1)CCCC2. The number of amidine groups is 1. The van der Waals surface area contributed by atoms with E-state index in [1.54, 1.807) is 0 Å². The third-order valence-electron chi connectivity index (χ3n) is 3.28. The zero-order valence-electron chi connectivity index (χ0n) is 10.7. The maximum absolute atomic E-state index is 8.52. The average molecular weight is 248 g/mol. The minimum atomic E-state index is -0.0949. The van der Waals surface area contributed by atoms with Gasteiger partial charge in [-0.25, -0.2) is 0 Å². The molecule has 98 valence electrons. The lowest BCUT2D eigenvalue weighted by Crippen LogP contribution is -2.22. The number of nitrogens with zero attached hydrogens (tertiary/aromatic N) is 1. The highest BCUT2D eigenvalue weighted by Crippen LogP contribution is 2.26. The summed E-state index contributed by atoms with van der Waals surface area (Å²) in [4.78, 5) is 0. The molecule has 0 heterocycles. The van der Waals surface area contributed by atoms with Crippen molar-refractivity contribution in [1.82, 2.24) is 0 Å². The van der Waals surface area contributed by atoms with Crippen LogP contribution in [0.2, 0.25) is 0 Å². The molecule has 0 bridgehead atoms. The number of benzene rings is 1. The summed E-state index contributed by atoms with van der Waals surface area (Å²) < 4.78 is 5.78. The van der Waals surface area contributed by atoms with E-state index in [4.69, 9.17) is 15.7 Å². The molecule has 2 rings (SSSR count). The van der Waals surface area contributed by atoms with Gasteiger partial charge < -0.3 is 15.7 Å². The van der Waals surface area contributed by atoms with Crippen molar-refractivity contribution in [1.29, 1.82) is 0 Å². The molecule has 0 aliphatic heterocycles. The molecule has 0 aromatic heterocycles. The van der Waals surface area contributed by atoms with Gasteiger partial charge in [0.15, 0.2) is 0 Å². The Morgan fingerprint density at radius 3 is 2.83 bits per heavy atom. The van der Waals surface area contributed by atoms with Gasteiger partial charge in [-0.05, 0) is 55.9 Å². The number of hydrogen-bond donors (Lipinski definition) is 2. The van der Waals surface area contributed by atoms with Crippen LogP contribution in [0.25, 0.3) is 0 Å². The van der Waals surface area contributed by atoms with Crippen LogP contribution in [0.3, 0.4) is 0 Å². The van der Waals surface area contributed by atoms with Gasteiger partial charge in [0.25, 0.3) is 0 Å². The Kier molecular flexibility index (Phi) is 4.07. The van der Waals surface area contributed by atoms with E-state index in [9.17, 15) is 0 Å². The minimum absolute atomic E-state index is 0.0949. The maximum atomic E-state index is 8.52. The molecule has 4 nitrogen and oxygen atoms in total. The predicted octanol–water partition coefficient (Wildman–Crippen LogP) is 2.47. The lowest BCUT2D eigenvalue weighted by atomic mass is 9.92. The molecule has 4 heteroatoms. The van der Waals surface area contributed by atoms with Crippen molar-refractivity contribution in [2.24, 2.45) is 10.9 Å². The Labute approximate surface area is 107 Å². The largest absolute Gasteiger partial charge is 0.490 e. The van der Waals surface area contributed by atoms with Crippen molar-refractivity contribution in [3.63, 3.8) is 0 Å². The van der Waals surface area contributed by atoms with Crippen LogP contribution in [0.15, 0.2) is 23.4 Å². The first-order chi connectivity index (χ1) is 8.69. The molecule has 1 unspecified atom stereocenters. The van der Waals surface area contributed by atoms with Gasteiger partial charge in [-0.2, -0.15) is 0 Å². The van der Waals surface area contributed by atoms with Gasteiger partial charge in [0, 0.05) is 6.42 Å². The Balaban J connectivity index is 2.01. The van der Waals surface area contributed by atoms with E-state index in [0.29, 0.717) is 6.42 Å². The van der Waals surface area contributed by atoms with Gasteiger partial charge >= 0.3 is 0 Å². The number of aryl methyl sites for hydroxylation is 2. The molecule has 0 amide bonds. The van der Waals surface area contributed by atoms with E-state index < -0.39 is 0 Å². The highest BCUT2D eigenvalue weighted by molar-refractivity contribution is 5.80. The second-order valence-electron chi connectivity index (χ2n) is 4.86. The molecule has 1 atom stereocenters. The lowest BCUT2D eigenvalue weighted by molar-refractivity contribution is 0.226. The first-order valence-corrected chi connectivity index (χ1v) is 6.44. The fourth-order valence-electron chi connectivity index (χ4n) is 2.39. The molecule has 0 radical (unpaired) electrons. The summed E-state index contributed by atoms with van der Waals surface area (Å²) in [5, 5.41) is 11.5. The summed E-state index contributed by atoms with van der Waals surface area (Å²) in [6.45, 7) is 1.91. The highest BCUT2D eigenvalue weighted by Gasteiger charge is 2.12. The Hall–Kier alpha value is -1.71. The van der Waals surface area contributed by atoms with Gasteiger partial charge in [-0.1, -0.05) is 11.2 Å². The molecule has 1 aromatic rings. The number of nitrogens with two attached hydrogens (primary N) is 1. The van der Waals surface area contributed by atoms with Crippen molar-refractivity contribution in [2.75, 3.05) is 0 Å². The Bertz CT molecular complexity index is 443. The standard InChI is InChI=1S/C14H20N2O2/c1-10(8-14(15)16-17)18-13-7-6-11-4-2-3-5-12(11)9-13/h6-7,9-10,17H,2-5,8H2,1H3,(H2,15,16). The topological polar surface area (TPSA) is 67.8 Å². The summed E-state index contributed by atoms with van der Waals surface area (Å²) in [5.41, 5.74) is 8.30. The molecule has 0 spiro atoms. The molecular weight excluding hydrogens is 228 g/mol. The third-order valence-corrected chi connectivity index (χ3v) is 3.28. The van der Waals surface area contributed by atoms with E-state index >= 15 is 0 Å². The molecule has 1 aliphatic carbocycles. The summed E-state index contributed by atoms with van der Waals surface area (Å²) >= 11 is 0. The van der Waals surface area contributed by atoms with E-state index in [0.717, 1.165) is 12.2 Å². The van der Waals surface area contributed by atoms with Crippen LogP contribution in [0, 0.1) is 0 Å². The average Bonchev–Trinajstić information content (AvgIpc) is 2.38. The van der Waals surface area contributed by atoms with E-state index in [-0.39, 0.29) is 11.9 Å². The maximum Gasteiger partial charge on any atom is 0.142 e. The van der Waals surface area contributed by atoms with E-state index in [2.05, 4.69) is 17.3 Å². The van der Waals surface area contributed by atoms with Crippen molar-refractivity contribution >= 4 is 5.84 Å². The number of hydrogen-bond acceptors (Lipinski definition) is 3. The third kappa shape index (κ3) is 3.15. The van der Waals surface area contributed by atoms with Crippen LogP contribution in [0.5, 0.6) is 5.75 Å². The van der Waals surface area contributed by atoms with Gasteiger partial charge in [-0.3, -0.25) is 0 Å². The van der Waals surface area contributed by atoms with Crippen LogP contribution in [-0.2, 0) is 12.8 Å². The number of rotatable bonds is 4. The van der Waals surface area contributed by atoms with Crippen LogP contribution in [0.4, 0.5) is 0 Å². The zero-order valence-corrected chi connectivity index (χ0v) is 10.7. The van der Waals surface area contributed by atoms with Crippen LogP contribution in [0.1, 0.15) is 37.3 Å². The first kappa shape index (κ1) is 12.7. The molecule has 1 aliphatic rings. The Morgan fingerprint density at radius 1 is 1.39 bits per heavy atom. The number of oxime groups is 1.